The third kappa shape index (κ3) is 8.83. The van der Waals surface area contributed by atoms with Crippen LogP contribution in [0.2, 0.25) is 0 Å². The number of aliphatic hydroxyl groups excluding tert-OH is 1. The molecule has 1 fully saturated rings. The smallest absolute Gasteiger partial charge is 0.122 e. The minimum absolute atomic E-state index is 0.137. The van der Waals surface area contributed by atoms with Gasteiger partial charge in [-0.25, -0.2) is 0 Å². The highest BCUT2D eigenvalue weighted by molar-refractivity contribution is 5.43. The van der Waals surface area contributed by atoms with E-state index in [1.807, 2.05) is 48.5 Å². The standard InChI is InChI=1S/C40H48O6/c1-28(2)23-42-34-15-7-29(8-16-34)39(3,4)30-9-17-35(18-10-30)43-24-33(41)25-44-36-19-11-31(12-20-36)40(5,6)32-13-21-37(22-14-32)45-26-38-27-46-38/h7-22,28,33,38,41H,23-27H2,1-6H3. The summed E-state index contributed by atoms with van der Waals surface area (Å²) in [7, 11) is 0. The van der Waals surface area contributed by atoms with Gasteiger partial charge >= 0.3 is 0 Å². The minimum Gasteiger partial charge on any atom is -0.493 e. The SMILES string of the molecule is CC(C)COc1ccc(C(C)(C)c2ccc(OCC(O)COc3ccc(C(C)(C)c4ccc(OCC5CO5)cc4)cc3)cc2)cc1. The zero-order valence-corrected chi connectivity index (χ0v) is 28.0. The van der Waals surface area contributed by atoms with Gasteiger partial charge in [0.15, 0.2) is 0 Å². The molecule has 0 aliphatic carbocycles. The van der Waals surface area contributed by atoms with Crippen molar-refractivity contribution < 1.29 is 28.8 Å². The molecule has 4 aromatic carbocycles. The largest absolute Gasteiger partial charge is 0.493 e. The molecule has 1 N–H and O–H groups in total. The van der Waals surface area contributed by atoms with E-state index in [1.54, 1.807) is 0 Å². The Hall–Kier alpha value is -4.00. The first-order chi connectivity index (χ1) is 22.0. The number of hydrogen-bond donors (Lipinski definition) is 1. The number of aliphatic hydroxyl groups is 1. The highest BCUT2D eigenvalue weighted by atomic mass is 16.6. The van der Waals surface area contributed by atoms with Gasteiger partial charge in [0.1, 0.15) is 55.0 Å². The van der Waals surface area contributed by atoms with Gasteiger partial charge in [-0.2, -0.15) is 0 Å². The predicted octanol–water partition coefficient (Wildman–Crippen LogP) is 7.97. The maximum Gasteiger partial charge on any atom is 0.122 e. The van der Waals surface area contributed by atoms with Crippen molar-refractivity contribution in [1.82, 2.24) is 0 Å². The lowest BCUT2D eigenvalue weighted by Crippen LogP contribution is -2.25. The van der Waals surface area contributed by atoms with Crippen LogP contribution in [0.4, 0.5) is 0 Å². The molecule has 0 aromatic heterocycles. The third-order valence-corrected chi connectivity index (χ3v) is 8.61. The zero-order valence-electron chi connectivity index (χ0n) is 28.0. The predicted molar refractivity (Wildman–Crippen MR) is 183 cm³/mol. The summed E-state index contributed by atoms with van der Waals surface area (Å²) in [5, 5.41) is 10.5. The molecule has 46 heavy (non-hydrogen) atoms. The molecule has 0 radical (unpaired) electrons. The fourth-order valence-corrected chi connectivity index (χ4v) is 5.25. The van der Waals surface area contributed by atoms with Crippen LogP contribution in [0.1, 0.15) is 63.8 Å². The normalized spacial score (nSPS) is 15.3. The van der Waals surface area contributed by atoms with E-state index in [9.17, 15) is 5.11 Å². The van der Waals surface area contributed by atoms with E-state index >= 15 is 0 Å². The van der Waals surface area contributed by atoms with E-state index in [2.05, 4.69) is 90.1 Å². The maximum absolute atomic E-state index is 10.5. The van der Waals surface area contributed by atoms with Gasteiger partial charge in [0, 0.05) is 10.8 Å². The molecular weight excluding hydrogens is 576 g/mol. The molecule has 0 saturated carbocycles. The summed E-state index contributed by atoms with van der Waals surface area (Å²) in [4.78, 5) is 0. The summed E-state index contributed by atoms with van der Waals surface area (Å²) >= 11 is 0. The average Bonchev–Trinajstić information content (AvgIpc) is 3.90. The first-order valence-corrected chi connectivity index (χ1v) is 16.2. The van der Waals surface area contributed by atoms with E-state index in [0.717, 1.165) is 18.1 Å². The van der Waals surface area contributed by atoms with Gasteiger partial charge in [0.2, 0.25) is 0 Å². The summed E-state index contributed by atoms with van der Waals surface area (Å²) in [5.74, 6) is 3.65. The Labute approximate surface area is 274 Å². The second-order valence-electron chi connectivity index (χ2n) is 13.6. The molecule has 0 bridgehead atoms. The molecule has 1 aliphatic rings. The van der Waals surface area contributed by atoms with Crippen molar-refractivity contribution >= 4 is 0 Å². The van der Waals surface area contributed by atoms with Gasteiger partial charge in [-0.1, -0.05) is 90.1 Å². The third-order valence-electron chi connectivity index (χ3n) is 8.61. The second kappa shape index (κ2) is 14.6. The topological polar surface area (TPSA) is 69.7 Å². The molecule has 6 heteroatoms. The first-order valence-electron chi connectivity index (χ1n) is 16.2. The van der Waals surface area contributed by atoms with Gasteiger partial charge in [0.05, 0.1) is 13.2 Å². The summed E-state index contributed by atoms with van der Waals surface area (Å²) in [6.07, 6.45) is -0.526. The van der Waals surface area contributed by atoms with Crippen LogP contribution in [0.5, 0.6) is 23.0 Å². The molecule has 2 atom stereocenters. The average molecular weight is 625 g/mol. The highest BCUT2D eigenvalue weighted by Gasteiger charge is 2.25. The van der Waals surface area contributed by atoms with Gasteiger partial charge < -0.3 is 28.8 Å². The van der Waals surface area contributed by atoms with E-state index < -0.39 is 6.10 Å². The number of ether oxygens (including phenoxy) is 5. The molecule has 0 amide bonds. The van der Waals surface area contributed by atoms with Gasteiger partial charge in [-0.05, 0) is 76.7 Å². The van der Waals surface area contributed by atoms with Gasteiger partial charge in [0.25, 0.3) is 0 Å². The molecule has 1 aliphatic heterocycles. The van der Waals surface area contributed by atoms with E-state index in [4.69, 9.17) is 23.7 Å². The number of benzene rings is 4. The van der Waals surface area contributed by atoms with Crippen LogP contribution in [0, 0.1) is 5.92 Å². The minimum atomic E-state index is -0.768. The summed E-state index contributed by atoms with van der Waals surface area (Å²) in [6.45, 7) is 15.5. The Morgan fingerprint density at radius 3 is 1.17 bits per heavy atom. The van der Waals surface area contributed by atoms with Crippen LogP contribution < -0.4 is 18.9 Å². The van der Waals surface area contributed by atoms with Gasteiger partial charge in [-0.3, -0.25) is 0 Å². The Bertz CT molecular complexity index is 1390. The van der Waals surface area contributed by atoms with Crippen LogP contribution in [-0.4, -0.2) is 50.3 Å². The van der Waals surface area contributed by atoms with Crippen molar-refractivity contribution in [3.05, 3.63) is 119 Å². The van der Waals surface area contributed by atoms with Crippen LogP contribution in [0.25, 0.3) is 0 Å². The highest BCUT2D eigenvalue weighted by Crippen LogP contribution is 2.35. The molecular formula is C40H48O6. The summed E-state index contributed by atoms with van der Waals surface area (Å²) < 4.78 is 28.6. The van der Waals surface area contributed by atoms with Crippen molar-refractivity contribution in [2.45, 2.75) is 64.6 Å². The van der Waals surface area contributed by atoms with Crippen LogP contribution >= 0.6 is 0 Å². The fraction of sp³-hybridized carbons (Fsp3) is 0.400. The molecule has 4 aromatic rings. The Balaban J connectivity index is 1.07. The van der Waals surface area contributed by atoms with Crippen LogP contribution in [0.3, 0.4) is 0 Å². The number of hydrogen-bond acceptors (Lipinski definition) is 6. The first kappa shape index (κ1) is 33.4. The zero-order chi connectivity index (χ0) is 32.7. The Kier molecular flexibility index (Phi) is 10.6. The fourth-order valence-electron chi connectivity index (χ4n) is 5.25. The van der Waals surface area contributed by atoms with Gasteiger partial charge in [-0.15, -0.1) is 0 Å². The molecule has 1 saturated heterocycles. The van der Waals surface area contributed by atoms with Crippen LogP contribution in [0.15, 0.2) is 97.1 Å². The summed E-state index contributed by atoms with van der Waals surface area (Å²) in [5.41, 5.74) is 4.38. The van der Waals surface area contributed by atoms with Crippen molar-refractivity contribution in [1.29, 1.82) is 0 Å². The van der Waals surface area contributed by atoms with E-state index in [0.29, 0.717) is 30.6 Å². The monoisotopic (exact) mass is 624 g/mol. The quantitative estimate of drug-likeness (QED) is 0.128. The van der Waals surface area contributed by atoms with Crippen LogP contribution in [-0.2, 0) is 15.6 Å². The molecule has 0 spiro atoms. The Morgan fingerprint density at radius 2 is 0.870 bits per heavy atom. The molecule has 5 rings (SSSR count). The lowest BCUT2D eigenvalue weighted by molar-refractivity contribution is 0.0626. The molecule has 6 nitrogen and oxygen atoms in total. The molecule has 244 valence electrons. The lowest BCUT2D eigenvalue weighted by atomic mass is 9.78. The second-order valence-corrected chi connectivity index (χ2v) is 13.6. The van der Waals surface area contributed by atoms with E-state index in [-0.39, 0.29) is 30.1 Å². The number of epoxide rings is 1. The van der Waals surface area contributed by atoms with E-state index in [1.165, 1.54) is 22.3 Å². The molecule has 2 unspecified atom stereocenters. The van der Waals surface area contributed by atoms with Crippen molar-refractivity contribution in [3.63, 3.8) is 0 Å². The number of rotatable bonds is 16. The van der Waals surface area contributed by atoms with Crippen molar-refractivity contribution in [3.8, 4) is 23.0 Å². The Morgan fingerprint density at radius 1 is 0.565 bits per heavy atom. The lowest BCUT2D eigenvalue weighted by Gasteiger charge is -2.27. The molecule has 1 heterocycles. The maximum atomic E-state index is 10.5. The van der Waals surface area contributed by atoms with Crippen molar-refractivity contribution in [2.24, 2.45) is 5.92 Å². The summed E-state index contributed by atoms with van der Waals surface area (Å²) in [6, 6.07) is 32.7. The van der Waals surface area contributed by atoms with Crippen molar-refractivity contribution in [2.75, 3.05) is 33.0 Å².